The maximum Gasteiger partial charge on any atom is 0.0209 e. The van der Waals surface area contributed by atoms with E-state index in [0.29, 0.717) is 6.04 Å². The van der Waals surface area contributed by atoms with Crippen molar-refractivity contribution in [1.82, 2.24) is 10.2 Å². The third-order valence-electron chi connectivity index (χ3n) is 4.82. The number of hydrogen-bond donors (Lipinski definition) is 1. The van der Waals surface area contributed by atoms with Gasteiger partial charge in [-0.2, -0.15) is 0 Å². The summed E-state index contributed by atoms with van der Waals surface area (Å²) in [6.07, 6.45) is 10.1. The SMILES string of the molecule is CCCC1CCC(N2CCC(NC(C)C)C2)CC1. The zero-order chi connectivity index (χ0) is 13.0. The fourth-order valence-electron chi connectivity index (χ4n) is 3.93. The Kier molecular flexibility index (Phi) is 5.50. The first-order valence-corrected chi connectivity index (χ1v) is 8.19. The number of nitrogens with one attached hydrogen (secondary N) is 1. The van der Waals surface area contributed by atoms with Gasteiger partial charge in [0.05, 0.1) is 0 Å². The van der Waals surface area contributed by atoms with Crippen molar-refractivity contribution in [2.75, 3.05) is 13.1 Å². The van der Waals surface area contributed by atoms with E-state index in [9.17, 15) is 0 Å². The second-order valence-corrected chi connectivity index (χ2v) is 6.77. The fraction of sp³-hybridized carbons (Fsp3) is 1.00. The van der Waals surface area contributed by atoms with E-state index < -0.39 is 0 Å². The molecule has 2 rings (SSSR count). The van der Waals surface area contributed by atoms with Crippen molar-refractivity contribution in [1.29, 1.82) is 0 Å². The van der Waals surface area contributed by atoms with Gasteiger partial charge >= 0.3 is 0 Å². The van der Waals surface area contributed by atoms with E-state index in [1.807, 2.05) is 0 Å². The molecule has 1 aliphatic heterocycles. The Morgan fingerprint density at radius 2 is 1.83 bits per heavy atom. The highest BCUT2D eigenvalue weighted by Crippen LogP contribution is 2.31. The van der Waals surface area contributed by atoms with Gasteiger partial charge in [-0.25, -0.2) is 0 Å². The number of nitrogens with zero attached hydrogens (tertiary/aromatic N) is 1. The molecule has 0 aromatic rings. The standard InChI is InChI=1S/C16H32N2/c1-4-5-14-6-8-16(9-7-14)18-11-10-15(12-18)17-13(2)3/h13-17H,4-12H2,1-3H3. The maximum absolute atomic E-state index is 3.70. The lowest BCUT2D eigenvalue weighted by molar-refractivity contribution is 0.157. The summed E-state index contributed by atoms with van der Waals surface area (Å²) in [5, 5.41) is 3.70. The van der Waals surface area contributed by atoms with E-state index in [2.05, 4.69) is 31.0 Å². The summed E-state index contributed by atoms with van der Waals surface area (Å²) in [6.45, 7) is 9.47. The normalized spacial score (nSPS) is 34.3. The van der Waals surface area contributed by atoms with Crippen LogP contribution >= 0.6 is 0 Å². The first-order valence-electron chi connectivity index (χ1n) is 8.19. The molecule has 1 saturated carbocycles. The molecule has 1 aliphatic carbocycles. The van der Waals surface area contributed by atoms with Crippen LogP contribution in [0.5, 0.6) is 0 Å². The van der Waals surface area contributed by atoms with Crippen molar-refractivity contribution in [3.05, 3.63) is 0 Å². The van der Waals surface area contributed by atoms with Crippen LogP contribution in [0, 0.1) is 5.92 Å². The van der Waals surface area contributed by atoms with Crippen molar-refractivity contribution in [2.24, 2.45) is 5.92 Å². The molecule has 2 nitrogen and oxygen atoms in total. The predicted octanol–water partition coefficient (Wildman–Crippen LogP) is 3.42. The van der Waals surface area contributed by atoms with Gasteiger partial charge in [-0.15, -0.1) is 0 Å². The zero-order valence-corrected chi connectivity index (χ0v) is 12.6. The van der Waals surface area contributed by atoms with Gasteiger partial charge in [-0.3, -0.25) is 4.90 Å². The average molecular weight is 252 g/mol. The molecule has 2 aliphatic rings. The molecule has 0 radical (unpaired) electrons. The molecule has 2 heteroatoms. The summed E-state index contributed by atoms with van der Waals surface area (Å²) in [6, 6.07) is 2.28. The highest BCUT2D eigenvalue weighted by molar-refractivity contribution is 4.88. The second kappa shape index (κ2) is 6.91. The largest absolute Gasteiger partial charge is 0.310 e. The Labute approximate surface area is 114 Å². The van der Waals surface area contributed by atoms with Crippen LogP contribution in [-0.2, 0) is 0 Å². The number of hydrogen-bond acceptors (Lipinski definition) is 2. The molecule has 1 atom stereocenters. The molecule has 0 amide bonds. The monoisotopic (exact) mass is 252 g/mol. The van der Waals surface area contributed by atoms with Gasteiger partial charge in [-0.1, -0.05) is 33.6 Å². The minimum absolute atomic E-state index is 0.634. The zero-order valence-electron chi connectivity index (χ0n) is 12.6. The third-order valence-corrected chi connectivity index (χ3v) is 4.82. The van der Waals surface area contributed by atoms with Crippen molar-refractivity contribution in [3.8, 4) is 0 Å². The molecule has 18 heavy (non-hydrogen) atoms. The van der Waals surface area contributed by atoms with Gasteiger partial charge in [0, 0.05) is 31.2 Å². The first-order chi connectivity index (χ1) is 8.69. The summed E-state index contributed by atoms with van der Waals surface area (Å²) < 4.78 is 0. The molecular weight excluding hydrogens is 220 g/mol. The lowest BCUT2D eigenvalue weighted by Gasteiger charge is -2.34. The van der Waals surface area contributed by atoms with Gasteiger partial charge in [0.15, 0.2) is 0 Å². The molecule has 0 aromatic carbocycles. The van der Waals surface area contributed by atoms with Gasteiger partial charge in [0.2, 0.25) is 0 Å². The molecule has 0 spiro atoms. The minimum Gasteiger partial charge on any atom is -0.310 e. The van der Waals surface area contributed by atoms with Crippen LogP contribution in [0.4, 0.5) is 0 Å². The van der Waals surface area contributed by atoms with Gasteiger partial charge in [0.1, 0.15) is 0 Å². The molecule has 1 N–H and O–H groups in total. The minimum atomic E-state index is 0.634. The summed E-state index contributed by atoms with van der Waals surface area (Å²) in [7, 11) is 0. The Bertz CT molecular complexity index is 231. The van der Waals surface area contributed by atoms with Crippen molar-refractivity contribution in [3.63, 3.8) is 0 Å². The summed E-state index contributed by atoms with van der Waals surface area (Å²) in [4.78, 5) is 2.77. The van der Waals surface area contributed by atoms with Crippen LogP contribution in [0.2, 0.25) is 0 Å². The summed E-state index contributed by atoms with van der Waals surface area (Å²) in [5.74, 6) is 1.04. The number of rotatable bonds is 5. The average Bonchev–Trinajstić information content (AvgIpc) is 2.78. The highest BCUT2D eigenvalue weighted by Gasteiger charge is 2.30. The number of likely N-dealkylation sites (tertiary alicyclic amines) is 1. The fourth-order valence-corrected chi connectivity index (χ4v) is 3.93. The van der Waals surface area contributed by atoms with Crippen LogP contribution < -0.4 is 5.32 Å². The molecule has 2 fully saturated rings. The van der Waals surface area contributed by atoms with Crippen LogP contribution in [0.15, 0.2) is 0 Å². The van der Waals surface area contributed by atoms with Crippen molar-refractivity contribution in [2.45, 2.75) is 83.8 Å². The van der Waals surface area contributed by atoms with Crippen molar-refractivity contribution < 1.29 is 0 Å². The van der Waals surface area contributed by atoms with Crippen LogP contribution in [0.3, 0.4) is 0 Å². The Balaban J connectivity index is 1.71. The molecule has 106 valence electrons. The van der Waals surface area contributed by atoms with E-state index in [4.69, 9.17) is 0 Å². The highest BCUT2D eigenvalue weighted by atomic mass is 15.2. The molecule has 0 bridgehead atoms. The second-order valence-electron chi connectivity index (χ2n) is 6.77. The van der Waals surface area contributed by atoms with Crippen LogP contribution in [-0.4, -0.2) is 36.1 Å². The Morgan fingerprint density at radius 3 is 2.44 bits per heavy atom. The van der Waals surface area contributed by atoms with Gasteiger partial charge < -0.3 is 5.32 Å². The molecule has 1 saturated heterocycles. The Hall–Kier alpha value is -0.0800. The van der Waals surface area contributed by atoms with E-state index in [1.165, 1.54) is 58.0 Å². The lowest BCUT2D eigenvalue weighted by atomic mass is 9.83. The molecule has 1 unspecified atom stereocenters. The van der Waals surface area contributed by atoms with Crippen molar-refractivity contribution >= 4 is 0 Å². The van der Waals surface area contributed by atoms with E-state index in [-0.39, 0.29) is 0 Å². The molecular formula is C16H32N2. The van der Waals surface area contributed by atoms with Crippen LogP contribution in [0.25, 0.3) is 0 Å². The van der Waals surface area contributed by atoms with E-state index in [0.717, 1.165) is 18.0 Å². The quantitative estimate of drug-likeness (QED) is 0.806. The third kappa shape index (κ3) is 3.96. The summed E-state index contributed by atoms with van der Waals surface area (Å²) >= 11 is 0. The lowest BCUT2D eigenvalue weighted by Crippen LogP contribution is -2.41. The van der Waals surface area contributed by atoms with Crippen LogP contribution in [0.1, 0.15) is 65.7 Å². The Morgan fingerprint density at radius 1 is 1.11 bits per heavy atom. The summed E-state index contributed by atoms with van der Waals surface area (Å²) in [5.41, 5.74) is 0. The van der Waals surface area contributed by atoms with E-state index >= 15 is 0 Å². The topological polar surface area (TPSA) is 15.3 Å². The van der Waals surface area contributed by atoms with Gasteiger partial charge in [0.25, 0.3) is 0 Å². The van der Waals surface area contributed by atoms with Gasteiger partial charge in [-0.05, 0) is 38.0 Å². The van der Waals surface area contributed by atoms with E-state index in [1.54, 1.807) is 0 Å². The molecule has 0 aromatic heterocycles. The maximum atomic E-state index is 3.70. The molecule has 1 heterocycles. The smallest absolute Gasteiger partial charge is 0.0209 e. The first kappa shape index (κ1) is 14.3. The predicted molar refractivity (Wildman–Crippen MR) is 78.9 cm³/mol.